The predicted molar refractivity (Wildman–Crippen MR) is 550 cm³/mol. The summed E-state index contributed by atoms with van der Waals surface area (Å²) >= 11 is 0. The maximum Gasteiger partial charge on any atom is 0.162 e. The lowest BCUT2D eigenvalue weighted by atomic mass is 9.93. The molecule has 0 radical (unpaired) electrons. The second-order valence-electron chi connectivity index (χ2n) is 35.1. The molecule has 608 valence electrons. The lowest BCUT2D eigenvalue weighted by Crippen LogP contribution is -2.00. The van der Waals surface area contributed by atoms with Crippen molar-refractivity contribution < 1.29 is 0 Å². The van der Waals surface area contributed by atoms with Crippen LogP contribution in [-0.4, -0.2) is 43.2 Å². The van der Waals surface area contributed by atoms with Crippen molar-refractivity contribution in [2.75, 3.05) is 0 Å². The number of hydrogen-bond acceptors (Lipinski definition) is 5. The molecule has 9 nitrogen and oxygen atoms in total. The molecule has 0 aliphatic heterocycles. The highest BCUT2D eigenvalue weighted by atomic mass is 15.1. The fraction of sp³-hybridized carbons (Fsp3) is 0. The van der Waals surface area contributed by atoms with Gasteiger partial charge in [-0.25, -0.2) is 15.0 Å². The maximum absolute atomic E-state index is 5.47. The molecule has 0 atom stereocenters. The summed E-state index contributed by atoms with van der Waals surface area (Å²) in [4.78, 5) is 24.8. The first-order valence-electron chi connectivity index (χ1n) is 45.2. The molecule has 0 bridgehead atoms. The third-order valence-electron chi connectivity index (χ3n) is 28.4. The number of para-hydroxylation sites is 1. The highest BCUT2D eigenvalue weighted by Gasteiger charge is 2.31. The Morgan fingerprint density at radius 1 is 0.174 bits per heavy atom. The van der Waals surface area contributed by atoms with Gasteiger partial charge in [0.25, 0.3) is 0 Å². The molecule has 0 saturated carbocycles. The van der Waals surface area contributed by atoms with E-state index >= 15 is 0 Å². The van der Waals surface area contributed by atoms with Gasteiger partial charge in [0, 0.05) is 100 Å². The first-order chi connectivity index (χ1) is 65.6. The molecule has 0 amide bonds. The van der Waals surface area contributed by atoms with Crippen molar-refractivity contribution in [1.82, 2.24) is 43.2 Å². The summed E-state index contributed by atoms with van der Waals surface area (Å²) in [6, 6.07) is 150. The Morgan fingerprint density at radius 3 is 1.06 bits per heavy atom. The first kappa shape index (κ1) is 72.4. The average molecular weight is 1670 g/mol. The predicted octanol–water partition coefficient (Wildman–Crippen LogP) is 31.9. The third-order valence-corrected chi connectivity index (χ3v) is 28.4. The molecule has 0 N–H and O–H groups in total. The standard InChI is InChI=1S/C49H29N3.C38H21N3.C36H21N3/c1-2-13-32(14-3-1)52-48-41-20-9-7-18-37(41)36-17-6-8-19-40(36)47(48)50-49(52)31-24-27-33(28-25-31)51-42-23-11-22-39-35-16-5-4-15-34(35)38-21-10-12-30-26-29-43(51)46(44(30)38)45(39)42;1-2-9-25-24(8-1)27-12-5-7-22-15-18-33-36(34(22)27)35-28(25)13-6-14-32(35)41(33)23-16-17-30-31(21-23)26-10-3-4-11-29(26)37-38(30)40-20-19-39-37;1-2-9-22(10-3-1)29-21-32(38-36-28(29)16-8-20-37-36)39-30-17-7-15-27-25-13-5-4-12-24(25)26-14-6-11-23-18-19-31(39)35(33(23)26)34(27)30/h1-29H;1-21H;1-21H. The van der Waals surface area contributed by atoms with Gasteiger partial charge < -0.3 is 9.13 Å². The molecule has 21 aromatic carbocycles. The number of pyridine rings is 2. The van der Waals surface area contributed by atoms with Crippen molar-refractivity contribution in [2.45, 2.75) is 0 Å². The van der Waals surface area contributed by atoms with E-state index in [2.05, 4.69) is 425 Å². The molecule has 7 aromatic heterocycles. The van der Waals surface area contributed by atoms with Crippen LogP contribution in [0.1, 0.15) is 0 Å². The largest absolute Gasteiger partial charge is 0.309 e. The van der Waals surface area contributed by atoms with E-state index in [-0.39, 0.29) is 0 Å². The second kappa shape index (κ2) is 27.9. The van der Waals surface area contributed by atoms with Gasteiger partial charge in [-0.3, -0.25) is 19.1 Å². The van der Waals surface area contributed by atoms with E-state index in [1.807, 2.05) is 12.3 Å². The van der Waals surface area contributed by atoms with Gasteiger partial charge >= 0.3 is 0 Å². The average Bonchev–Trinajstić information content (AvgIpc) is 1.55. The zero-order valence-corrected chi connectivity index (χ0v) is 71.0. The SMILES string of the molecule is c1ccc(-c2cc(-n3c4cccc5c4c4c6c(cccc6ccc43)-c3ccccc3-5)nc3ncccc23)cc1.c1ccc(-n2c(-c3ccc(-n4c5cccc6c5c5c7c(cccc7ccc54)-c4ccccc4-6)cc3)nc3c4ccccc4c4ccccc4c32)cc1.c1ccc2c(c1)-c1cccc3ccc4c(c13)c1c-2cccc1n4-c1ccc2c(c1)c1ccccc1c1nccnc21. The summed E-state index contributed by atoms with van der Waals surface area (Å²) in [5.41, 5.74) is 34.1. The molecule has 0 unspecified atom stereocenters. The quantitative estimate of drug-likeness (QED) is 0.155. The van der Waals surface area contributed by atoms with Crippen molar-refractivity contribution in [3.63, 3.8) is 0 Å². The lowest BCUT2D eigenvalue weighted by Gasteiger charge is -2.15. The van der Waals surface area contributed by atoms with E-state index in [1.54, 1.807) is 12.4 Å². The molecule has 31 rings (SSSR count). The Hall–Kier alpha value is -17.8. The number of fused-ring (bicyclic) bond motifs is 22. The van der Waals surface area contributed by atoms with Gasteiger partial charge in [-0.05, 0) is 235 Å². The van der Waals surface area contributed by atoms with Crippen molar-refractivity contribution in [3.8, 4) is 112 Å². The second-order valence-corrected chi connectivity index (χ2v) is 35.1. The van der Waals surface area contributed by atoms with Gasteiger partial charge in [0.15, 0.2) is 5.65 Å². The summed E-state index contributed by atoms with van der Waals surface area (Å²) in [5, 5.41) is 26.1. The molecule has 0 saturated heterocycles. The molecule has 132 heavy (non-hydrogen) atoms. The van der Waals surface area contributed by atoms with Gasteiger partial charge in [-0.1, -0.05) is 309 Å². The Labute approximate surface area is 755 Å². The number of rotatable bonds is 6. The van der Waals surface area contributed by atoms with Crippen molar-refractivity contribution in [1.29, 1.82) is 0 Å². The highest BCUT2D eigenvalue weighted by Crippen LogP contribution is 2.55. The highest BCUT2D eigenvalue weighted by molar-refractivity contribution is 6.35. The van der Waals surface area contributed by atoms with Crippen molar-refractivity contribution in [3.05, 3.63) is 431 Å². The fourth-order valence-electron chi connectivity index (χ4n) is 23.0. The summed E-state index contributed by atoms with van der Waals surface area (Å²) in [7, 11) is 0. The van der Waals surface area contributed by atoms with E-state index in [0.29, 0.717) is 0 Å². The maximum atomic E-state index is 5.47. The van der Waals surface area contributed by atoms with Crippen LogP contribution in [-0.2, 0) is 0 Å². The minimum atomic E-state index is 0.749. The molecule has 9 heteroatoms. The molecule has 7 heterocycles. The van der Waals surface area contributed by atoms with Crippen LogP contribution in [0, 0.1) is 0 Å². The van der Waals surface area contributed by atoms with Crippen LogP contribution in [0.2, 0.25) is 0 Å². The van der Waals surface area contributed by atoms with Gasteiger partial charge in [0.05, 0.1) is 55.2 Å². The van der Waals surface area contributed by atoms with E-state index in [1.165, 1.54) is 186 Å². The number of benzene rings is 21. The van der Waals surface area contributed by atoms with Gasteiger partial charge in [0.1, 0.15) is 11.6 Å². The van der Waals surface area contributed by atoms with Crippen LogP contribution < -0.4 is 0 Å². The van der Waals surface area contributed by atoms with Gasteiger partial charge in [0.2, 0.25) is 0 Å². The molecular formula is C123H71N9. The van der Waals surface area contributed by atoms with Crippen molar-refractivity contribution in [2.24, 2.45) is 0 Å². The topological polar surface area (TPSA) is 84.2 Å². The molecule has 0 spiro atoms. The van der Waals surface area contributed by atoms with E-state index in [4.69, 9.17) is 24.9 Å². The number of imidazole rings is 1. The summed E-state index contributed by atoms with van der Waals surface area (Å²) < 4.78 is 9.58. The van der Waals surface area contributed by atoms with Crippen molar-refractivity contribution >= 4 is 174 Å². The molecule has 3 aliphatic rings. The minimum absolute atomic E-state index is 0.749. The summed E-state index contributed by atoms with van der Waals surface area (Å²) in [5.74, 6) is 1.81. The Balaban J connectivity index is 0.0000000983. The number of nitrogens with zero attached hydrogens (tertiary/aromatic N) is 9. The fourth-order valence-corrected chi connectivity index (χ4v) is 23.0. The zero-order valence-electron chi connectivity index (χ0n) is 71.0. The minimum Gasteiger partial charge on any atom is -0.309 e. The summed E-state index contributed by atoms with van der Waals surface area (Å²) in [6.45, 7) is 0. The van der Waals surface area contributed by atoms with Crippen LogP contribution in [0.3, 0.4) is 0 Å². The van der Waals surface area contributed by atoms with Crippen LogP contribution in [0.25, 0.3) is 286 Å². The molecular weight excluding hydrogens is 1600 g/mol. The number of aromatic nitrogens is 9. The molecule has 28 aromatic rings. The van der Waals surface area contributed by atoms with Crippen LogP contribution in [0.4, 0.5) is 0 Å². The first-order valence-corrected chi connectivity index (χ1v) is 45.2. The van der Waals surface area contributed by atoms with E-state index < -0.39 is 0 Å². The van der Waals surface area contributed by atoms with Crippen LogP contribution in [0.15, 0.2) is 431 Å². The Bertz CT molecular complexity index is 9890. The van der Waals surface area contributed by atoms with Crippen LogP contribution in [0.5, 0.6) is 0 Å². The summed E-state index contributed by atoms with van der Waals surface area (Å²) in [6.07, 6.45) is 5.40. The Morgan fingerprint density at radius 2 is 0.545 bits per heavy atom. The molecule has 3 aliphatic carbocycles. The van der Waals surface area contributed by atoms with Gasteiger partial charge in [-0.15, -0.1) is 0 Å². The van der Waals surface area contributed by atoms with E-state index in [0.717, 1.165) is 100 Å². The Kier molecular flexibility index (Phi) is 15.3. The zero-order chi connectivity index (χ0) is 86.1. The lowest BCUT2D eigenvalue weighted by molar-refractivity contribution is 1.09. The third kappa shape index (κ3) is 10.2. The van der Waals surface area contributed by atoms with E-state index in [9.17, 15) is 0 Å². The smallest absolute Gasteiger partial charge is 0.162 e. The monoisotopic (exact) mass is 1670 g/mol. The molecule has 0 fully saturated rings. The van der Waals surface area contributed by atoms with Gasteiger partial charge in [-0.2, -0.15) is 0 Å². The number of hydrogen-bond donors (Lipinski definition) is 0. The van der Waals surface area contributed by atoms with Crippen LogP contribution >= 0.6 is 0 Å². The normalized spacial score (nSPS) is 12.2.